The zero-order valence-electron chi connectivity index (χ0n) is 17.4. The molecular formula is C20H27N3O7. The Bertz CT molecular complexity index is 756. The van der Waals surface area contributed by atoms with Crippen LogP contribution < -0.4 is 0 Å². The van der Waals surface area contributed by atoms with Gasteiger partial charge in [0.2, 0.25) is 6.79 Å². The molecule has 1 aliphatic heterocycles. The number of carbonyl (C=O) groups excluding carboxylic acids is 4. The van der Waals surface area contributed by atoms with E-state index < -0.39 is 42.9 Å². The minimum absolute atomic E-state index is 0.361. The second kappa shape index (κ2) is 11.1. The summed E-state index contributed by atoms with van der Waals surface area (Å²) < 4.78 is 14.9. The highest BCUT2D eigenvalue weighted by molar-refractivity contribution is 5.88. The second-order valence-corrected chi connectivity index (χ2v) is 6.93. The number of likely N-dealkylation sites (tertiary alicyclic amines) is 1. The van der Waals surface area contributed by atoms with Crippen molar-refractivity contribution in [2.75, 3.05) is 26.9 Å². The van der Waals surface area contributed by atoms with Gasteiger partial charge in [0, 0.05) is 45.4 Å². The smallest absolute Gasteiger partial charge is 0.412 e. The first kappa shape index (κ1) is 23.1. The molecule has 10 nitrogen and oxygen atoms in total. The Labute approximate surface area is 175 Å². The maximum absolute atomic E-state index is 12.4. The van der Waals surface area contributed by atoms with Gasteiger partial charge in [0.05, 0.1) is 0 Å². The lowest BCUT2D eigenvalue weighted by atomic mass is 10.2. The van der Waals surface area contributed by atoms with Gasteiger partial charge in [0.15, 0.2) is 6.10 Å². The summed E-state index contributed by atoms with van der Waals surface area (Å²) in [5.74, 6) is -1.70. The molecule has 30 heavy (non-hydrogen) atoms. The van der Waals surface area contributed by atoms with Gasteiger partial charge < -0.3 is 24.0 Å². The number of esters is 2. The van der Waals surface area contributed by atoms with E-state index in [4.69, 9.17) is 14.2 Å². The van der Waals surface area contributed by atoms with Gasteiger partial charge in [-0.15, -0.1) is 0 Å². The SMILES string of the molecule is CC(=O)O[C@H](C)C(=O)N1CCC[C@@H]1C(=O)OCOC(=O)N(C)CCc1ccccn1. The van der Waals surface area contributed by atoms with Crippen LogP contribution in [0.15, 0.2) is 24.4 Å². The van der Waals surface area contributed by atoms with Crippen molar-refractivity contribution in [3.63, 3.8) is 0 Å². The van der Waals surface area contributed by atoms with Crippen LogP contribution in [0.25, 0.3) is 0 Å². The molecule has 0 radical (unpaired) electrons. The molecule has 1 aromatic heterocycles. The molecule has 1 aromatic rings. The summed E-state index contributed by atoms with van der Waals surface area (Å²) in [6, 6.07) is 4.74. The van der Waals surface area contributed by atoms with E-state index in [1.165, 1.54) is 23.6 Å². The first-order chi connectivity index (χ1) is 14.3. The quantitative estimate of drug-likeness (QED) is 0.453. The van der Waals surface area contributed by atoms with Crippen LogP contribution in [0.3, 0.4) is 0 Å². The summed E-state index contributed by atoms with van der Waals surface area (Å²) in [5, 5.41) is 0. The van der Waals surface area contributed by atoms with Crippen LogP contribution in [-0.4, -0.2) is 77.8 Å². The van der Waals surface area contributed by atoms with Crippen LogP contribution in [0.1, 0.15) is 32.4 Å². The first-order valence-electron chi connectivity index (χ1n) is 9.71. The number of likely N-dealkylation sites (N-methyl/N-ethyl adjacent to an activating group) is 1. The van der Waals surface area contributed by atoms with E-state index in [1.54, 1.807) is 13.2 Å². The lowest BCUT2D eigenvalue weighted by Crippen LogP contribution is -2.46. The monoisotopic (exact) mass is 421 g/mol. The van der Waals surface area contributed by atoms with Gasteiger partial charge in [-0.3, -0.25) is 14.6 Å². The van der Waals surface area contributed by atoms with Crippen molar-refractivity contribution in [2.45, 2.75) is 45.3 Å². The largest absolute Gasteiger partial charge is 0.453 e. The molecule has 1 fully saturated rings. The van der Waals surface area contributed by atoms with Crippen molar-refractivity contribution in [1.29, 1.82) is 0 Å². The number of ether oxygens (including phenoxy) is 3. The van der Waals surface area contributed by atoms with Crippen molar-refractivity contribution in [3.8, 4) is 0 Å². The highest BCUT2D eigenvalue weighted by Gasteiger charge is 2.38. The molecule has 0 spiro atoms. The van der Waals surface area contributed by atoms with Gasteiger partial charge in [-0.05, 0) is 31.9 Å². The fourth-order valence-electron chi connectivity index (χ4n) is 3.07. The molecule has 1 aliphatic rings. The fourth-order valence-corrected chi connectivity index (χ4v) is 3.07. The third kappa shape index (κ3) is 6.71. The Kier molecular flexibility index (Phi) is 8.57. The molecular weight excluding hydrogens is 394 g/mol. The number of pyridine rings is 1. The van der Waals surface area contributed by atoms with Crippen LogP contribution >= 0.6 is 0 Å². The van der Waals surface area contributed by atoms with E-state index in [0.717, 1.165) is 5.69 Å². The molecule has 0 aliphatic carbocycles. The molecule has 2 atom stereocenters. The van der Waals surface area contributed by atoms with E-state index in [2.05, 4.69) is 4.98 Å². The first-order valence-corrected chi connectivity index (χ1v) is 9.71. The van der Waals surface area contributed by atoms with E-state index in [9.17, 15) is 19.2 Å². The van der Waals surface area contributed by atoms with Crippen LogP contribution in [0.4, 0.5) is 4.79 Å². The molecule has 0 N–H and O–H groups in total. The number of carbonyl (C=O) groups is 4. The number of amides is 2. The van der Waals surface area contributed by atoms with Crippen LogP contribution in [0, 0.1) is 0 Å². The highest BCUT2D eigenvalue weighted by Crippen LogP contribution is 2.20. The topological polar surface area (TPSA) is 115 Å². The van der Waals surface area contributed by atoms with E-state index >= 15 is 0 Å². The summed E-state index contributed by atoms with van der Waals surface area (Å²) in [4.78, 5) is 54.6. The molecule has 0 saturated carbocycles. The van der Waals surface area contributed by atoms with Crippen molar-refractivity contribution in [1.82, 2.24) is 14.8 Å². The second-order valence-electron chi connectivity index (χ2n) is 6.93. The van der Waals surface area contributed by atoms with E-state index in [0.29, 0.717) is 32.4 Å². The fraction of sp³-hybridized carbons (Fsp3) is 0.550. The minimum Gasteiger partial charge on any atom is -0.453 e. The highest BCUT2D eigenvalue weighted by atomic mass is 16.7. The average molecular weight is 421 g/mol. The standard InChI is InChI=1S/C20H27N3O7/c1-14(30-15(2)24)18(25)23-11-6-8-17(23)19(26)28-13-29-20(27)22(3)12-9-16-7-4-5-10-21-16/h4-5,7,10,14,17H,6,8-9,11-13H2,1-3H3/t14-,17-/m1/s1. The van der Waals surface area contributed by atoms with Crippen LogP contribution in [0.5, 0.6) is 0 Å². The molecule has 0 bridgehead atoms. The number of hydrogen-bond acceptors (Lipinski definition) is 8. The third-order valence-corrected chi connectivity index (χ3v) is 4.62. The maximum Gasteiger partial charge on any atom is 0.412 e. The summed E-state index contributed by atoms with van der Waals surface area (Å²) >= 11 is 0. The average Bonchev–Trinajstić information content (AvgIpc) is 3.21. The van der Waals surface area contributed by atoms with E-state index in [-0.39, 0.29) is 0 Å². The van der Waals surface area contributed by atoms with Gasteiger partial charge in [-0.25, -0.2) is 9.59 Å². The summed E-state index contributed by atoms with van der Waals surface area (Å²) in [6.45, 7) is 2.86. The third-order valence-electron chi connectivity index (χ3n) is 4.62. The number of hydrogen-bond donors (Lipinski definition) is 0. The normalized spacial score (nSPS) is 16.5. The summed E-state index contributed by atoms with van der Waals surface area (Å²) in [5.41, 5.74) is 0.845. The molecule has 1 saturated heterocycles. The molecule has 0 aromatic carbocycles. The van der Waals surface area contributed by atoms with Gasteiger partial charge in [-0.2, -0.15) is 0 Å². The Morgan fingerprint density at radius 3 is 2.70 bits per heavy atom. The summed E-state index contributed by atoms with van der Waals surface area (Å²) in [6.07, 6.45) is 1.66. The molecule has 2 heterocycles. The van der Waals surface area contributed by atoms with Crippen molar-refractivity contribution >= 4 is 23.9 Å². The Hall–Kier alpha value is -3.17. The van der Waals surface area contributed by atoms with Crippen molar-refractivity contribution in [2.24, 2.45) is 0 Å². The Morgan fingerprint density at radius 2 is 2.03 bits per heavy atom. The number of aromatic nitrogens is 1. The Balaban J connectivity index is 1.75. The molecule has 2 amide bonds. The van der Waals surface area contributed by atoms with Crippen molar-refractivity contribution < 1.29 is 33.4 Å². The molecule has 164 valence electrons. The van der Waals surface area contributed by atoms with Gasteiger partial charge in [-0.1, -0.05) is 6.07 Å². The lowest BCUT2D eigenvalue weighted by molar-refractivity contribution is -0.165. The van der Waals surface area contributed by atoms with Gasteiger partial charge in [0.25, 0.3) is 5.91 Å². The van der Waals surface area contributed by atoms with E-state index in [1.807, 2.05) is 18.2 Å². The molecule has 0 unspecified atom stereocenters. The van der Waals surface area contributed by atoms with Gasteiger partial charge in [0.1, 0.15) is 6.04 Å². The minimum atomic E-state index is -0.985. The number of nitrogens with zero attached hydrogens (tertiary/aromatic N) is 3. The van der Waals surface area contributed by atoms with Crippen LogP contribution in [-0.2, 0) is 35.0 Å². The number of rotatable bonds is 8. The van der Waals surface area contributed by atoms with Crippen LogP contribution in [0.2, 0.25) is 0 Å². The molecule has 10 heteroatoms. The van der Waals surface area contributed by atoms with Gasteiger partial charge >= 0.3 is 18.0 Å². The molecule has 2 rings (SSSR count). The zero-order chi connectivity index (χ0) is 22.1. The maximum atomic E-state index is 12.4. The zero-order valence-corrected chi connectivity index (χ0v) is 17.4. The predicted molar refractivity (Wildman–Crippen MR) is 104 cm³/mol. The predicted octanol–water partition coefficient (Wildman–Crippen LogP) is 1.14. The lowest BCUT2D eigenvalue weighted by Gasteiger charge is -2.25. The summed E-state index contributed by atoms with van der Waals surface area (Å²) in [7, 11) is 1.57. The van der Waals surface area contributed by atoms with Crippen molar-refractivity contribution in [3.05, 3.63) is 30.1 Å². The Morgan fingerprint density at radius 1 is 1.27 bits per heavy atom.